The molecule has 0 amide bonds. The van der Waals surface area contributed by atoms with Gasteiger partial charge in [0.1, 0.15) is 11.3 Å². The molecule has 158 valence electrons. The van der Waals surface area contributed by atoms with Crippen molar-refractivity contribution >= 4 is 44.0 Å². The van der Waals surface area contributed by atoms with Crippen molar-refractivity contribution in [2.45, 2.75) is 6.92 Å². The van der Waals surface area contributed by atoms with E-state index >= 15 is 0 Å². The van der Waals surface area contributed by atoms with Gasteiger partial charge in [-0.1, -0.05) is 40.2 Å². The van der Waals surface area contributed by atoms with E-state index in [1.807, 2.05) is 67.6 Å². The lowest BCUT2D eigenvalue weighted by Crippen LogP contribution is -2.20. The summed E-state index contributed by atoms with van der Waals surface area (Å²) in [5.74, 6) is 1.47. The molecular formula is C25H18BrN3O3. The average molecular weight is 488 g/mol. The van der Waals surface area contributed by atoms with Crippen molar-refractivity contribution in [1.29, 1.82) is 0 Å². The van der Waals surface area contributed by atoms with Crippen LogP contribution >= 0.6 is 15.9 Å². The number of ether oxygens (including phenoxy) is 1. The van der Waals surface area contributed by atoms with E-state index in [9.17, 15) is 4.79 Å². The fourth-order valence-corrected chi connectivity index (χ4v) is 3.89. The molecule has 0 aliphatic carbocycles. The smallest absolute Gasteiger partial charge is 0.282 e. The Labute approximate surface area is 191 Å². The van der Waals surface area contributed by atoms with Crippen LogP contribution in [0.4, 0.5) is 0 Å². The van der Waals surface area contributed by atoms with Crippen molar-refractivity contribution in [2.24, 2.45) is 5.10 Å². The van der Waals surface area contributed by atoms with Crippen LogP contribution in [0.25, 0.3) is 33.5 Å². The largest absolute Gasteiger partial charge is 0.493 e. The van der Waals surface area contributed by atoms with Crippen molar-refractivity contribution in [3.05, 3.63) is 93.2 Å². The number of rotatable bonds is 5. The van der Waals surface area contributed by atoms with Crippen LogP contribution in [0.3, 0.4) is 0 Å². The zero-order chi connectivity index (χ0) is 22.1. The summed E-state index contributed by atoms with van der Waals surface area (Å²) in [6.07, 6.45) is 1.60. The van der Waals surface area contributed by atoms with Crippen molar-refractivity contribution < 1.29 is 9.15 Å². The fraction of sp³-hybridized carbons (Fsp3) is 0.0800. The van der Waals surface area contributed by atoms with E-state index in [4.69, 9.17) is 14.1 Å². The number of benzene rings is 3. The Morgan fingerprint density at radius 3 is 2.78 bits per heavy atom. The van der Waals surface area contributed by atoms with E-state index < -0.39 is 0 Å². The molecular weight excluding hydrogens is 470 g/mol. The van der Waals surface area contributed by atoms with E-state index in [1.165, 1.54) is 4.68 Å². The van der Waals surface area contributed by atoms with Crippen LogP contribution in [0.2, 0.25) is 0 Å². The fourth-order valence-electron chi connectivity index (χ4n) is 3.51. The molecule has 0 radical (unpaired) electrons. The third-order valence-corrected chi connectivity index (χ3v) is 5.48. The molecule has 0 fully saturated rings. The highest BCUT2D eigenvalue weighted by molar-refractivity contribution is 9.10. The number of aromatic nitrogens is 2. The number of fused-ring (bicyclic) bond motifs is 2. The molecule has 5 rings (SSSR count). The van der Waals surface area contributed by atoms with Crippen LogP contribution < -0.4 is 10.3 Å². The van der Waals surface area contributed by atoms with Gasteiger partial charge >= 0.3 is 0 Å². The lowest BCUT2D eigenvalue weighted by molar-refractivity contribution is 0.340. The Hall–Kier alpha value is -3.71. The van der Waals surface area contributed by atoms with Gasteiger partial charge in [-0.25, -0.2) is 4.98 Å². The monoisotopic (exact) mass is 487 g/mol. The SMILES string of the molecule is CCOc1ccccc1C=Nn1c(-c2cc3cc(Br)ccc3o2)nc2ccccc2c1=O. The Morgan fingerprint density at radius 1 is 1.09 bits per heavy atom. The minimum Gasteiger partial charge on any atom is -0.493 e. The van der Waals surface area contributed by atoms with Gasteiger partial charge in [-0.05, 0) is 55.5 Å². The molecule has 6 nitrogen and oxygen atoms in total. The maximum absolute atomic E-state index is 13.4. The van der Waals surface area contributed by atoms with Crippen LogP contribution in [-0.4, -0.2) is 22.5 Å². The second-order valence-corrected chi connectivity index (χ2v) is 7.99. The van der Waals surface area contributed by atoms with Crippen LogP contribution in [0.15, 0.2) is 91.6 Å². The lowest BCUT2D eigenvalue weighted by Gasteiger charge is -2.08. The highest BCUT2D eigenvalue weighted by atomic mass is 79.9. The first-order valence-electron chi connectivity index (χ1n) is 10.1. The summed E-state index contributed by atoms with van der Waals surface area (Å²) >= 11 is 3.48. The van der Waals surface area contributed by atoms with Crippen molar-refractivity contribution in [3.8, 4) is 17.3 Å². The van der Waals surface area contributed by atoms with Gasteiger partial charge in [0.15, 0.2) is 5.76 Å². The minimum absolute atomic E-state index is 0.280. The molecule has 5 aromatic rings. The van der Waals surface area contributed by atoms with Crippen molar-refractivity contribution in [3.63, 3.8) is 0 Å². The van der Waals surface area contributed by atoms with Gasteiger partial charge in [0.05, 0.1) is 23.7 Å². The van der Waals surface area contributed by atoms with Crippen LogP contribution in [0.1, 0.15) is 12.5 Å². The van der Waals surface area contributed by atoms with Gasteiger partial charge in [0.25, 0.3) is 5.56 Å². The van der Waals surface area contributed by atoms with Gasteiger partial charge < -0.3 is 9.15 Å². The Morgan fingerprint density at radius 2 is 1.91 bits per heavy atom. The Bertz CT molecular complexity index is 1540. The van der Waals surface area contributed by atoms with Crippen molar-refractivity contribution in [2.75, 3.05) is 6.61 Å². The maximum atomic E-state index is 13.4. The van der Waals surface area contributed by atoms with Gasteiger partial charge in [0.2, 0.25) is 5.82 Å². The number of furan rings is 1. The minimum atomic E-state index is -0.280. The van der Waals surface area contributed by atoms with Gasteiger partial charge in [-0.2, -0.15) is 9.78 Å². The second kappa shape index (κ2) is 8.43. The predicted octanol–water partition coefficient (Wildman–Crippen LogP) is 5.85. The molecule has 0 spiro atoms. The number of halogens is 1. The molecule has 0 aliphatic heterocycles. The van der Waals surface area contributed by atoms with Crippen molar-refractivity contribution in [1.82, 2.24) is 9.66 Å². The van der Waals surface area contributed by atoms with Crippen LogP contribution in [-0.2, 0) is 0 Å². The Balaban J connectivity index is 1.72. The number of para-hydroxylation sites is 2. The summed E-state index contributed by atoms with van der Waals surface area (Å²) < 4.78 is 13.9. The average Bonchev–Trinajstić information content (AvgIpc) is 3.22. The zero-order valence-electron chi connectivity index (χ0n) is 17.2. The normalized spacial score (nSPS) is 11.6. The van der Waals surface area contributed by atoms with Gasteiger partial charge in [0, 0.05) is 15.4 Å². The quantitative estimate of drug-likeness (QED) is 0.291. The predicted molar refractivity (Wildman–Crippen MR) is 130 cm³/mol. The summed E-state index contributed by atoms with van der Waals surface area (Å²) in [6.45, 7) is 2.45. The van der Waals surface area contributed by atoms with E-state index in [2.05, 4.69) is 21.0 Å². The van der Waals surface area contributed by atoms with Crippen LogP contribution in [0, 0.1) is 0 Å². The van der Waals surface area contributed by atoms with E-state index in [-0.39, 0.29) is 5.56 Å². The lowest BCUT2D eigenvalue weighted by atomic mass is 10.2. The van der Waals surface area contributed by atoms with Crippen LogP contribution in [0.5, 0.6) is 5.75 Å². The molecule has 0 saturated heterocycles. The topological polar surface area (TPSA) is 69.6 Å². The molecule has 7 heteroatoms. The molecule has 0 aliphatic rings. The molecule has 0 atom stereocenters. The van der Waals surface area contributed by atoms with Gasteiger partial charge in [-0.15, -0.1) is 0 Å². The molecule has 0 bridgehead atoms. The third kappa shape index (κ3) is 3.71. The van der Waals surface area contributed by atoms with E-state index in [0.29, 0.717) is 40.4 Å². The molecule has 0 unspecified atom stereocenters. The van der Waals surface area contributed by atoms with Gasteiger partial charge in [-0.3, -0.25) is 4.79 Å². The highest BCUT2D eigenvalue weighted by Gasteiger charge is 2.16. The summed E-state index contributed by atoms with van der Waals surface area (Å²) in [7, 11) is 0. The molecule has 3 aromatic carbocycles. The second-order valence-electron chi connectivity index (χ2n) is 7.08. The highest BCUT2D eigenvalue weighted by Crippen LogP contribution is 2.29. The number of hydrogen-bond acceptors (Lipinski definition) is 5. The molecule has 2 aromatic heterocycles. The first-order chi connectivity index (χ1) is 15.6. The number of nitrogens with zero attached hydrogens (tertiary/aromatic N) is 3. The maximum Gasteiger partial charge on any atom is 0.282 e. The first-order valence-corrected chi connectivity index (χ1v) is 10.9. The molecule has 32 heavy (non-hydrogen) atoms. The zero-order valence-corrected chi connectivity index (χ0v) is 18.7. The summed E-state index contributed by atoms with van der Waals surface area (Å²) in [5, 5.41) is 5.87. The third-order valence-electron chi connectivity index (χ3n) is 4.98. The Kier molecular flexibility index (Phi) is 5.33. The summed E-state index contributed by atoms with van der Waals surface area (Å²) in [4.78, 5) is 18.1. The molecule has 0 saturated carbocycles. The molecule has 0 N–H and O–H groups in total. The standard InChI is InChI=1S/C25H18BrN3O3/c1-2-31-21-10-6-3-7-16(21)15-27-29-24(28-20-9-5-4-8-19(20)25(29)30)23-14-17-13-18(26)11-12-22(17)32-23/h3-15H,2H2,1H3. The van der Waals surface area contributed by atoms with E-state index in [0.717, 1.165) is 15.4 Å². The van der Waals surface area contributed by atoms with E-state index in [1.54, 1.807) is 18.3 Å². The summed E-state index contributed by atoms with van der Waals surface area (Å²) in [5.41, 5.74) is 1.75. The first kappa shape index (κ1) is 20.2. The molecule has 2 heterocycles. The number of hydrogen-bond donors (Lipinski definition) is 0. The summed E-state index contributed by atoms with van der Waals surface area (Å²) in [6, 6.07) is 22.3.